The summed E-state index contributed by atoms with van der Waals surface area (Å²) in [5.41, 5.74) is 4.08. The molecule has 2 aliphatic rings. The van der Waals surface area contributed by atoms with Gasteiger partial charge in [-0.1, -0.05) is 36.4 Å². The van der Waals surface area contributed by atoms with Crippen LogP contribution in [0.1, 0.15) is 37.3 Å². The molecule has 3 rings (SSSR count). The SMILES string of the molecule is C=C(C)CN1CCC(NC(=NCC(=O)N(C)C)NC2CCc3ccccc3C2)CC1. The van der Waals surface area contributed by atoms with Crippen molar-refractivity contribution in [2.45, 2.75) is 51.1 Å². The quantitative estimate of drug-likeness (QED) is 0.428. The lowest BCUT2D eigenvalue weighted by atomic mass is 9.88. The number of carbonyl (C=O) groups is 1. The number of aliphatic imine (C=N–C) groups is 1. The van der Waals surface area contributed by atoms with Crippen molar-refractivity contribution in [3.05, 3.63) is 47.5 Å². The van der Waals surface area contributed by atoms with E-state index in [9.17, 15) is 4.79 Å². The molecule has 0 spiro atoms. The average Bonchev–Trinajstić information content (AvgIpc) is 2.72. The van der Waals surface area contributed by atoms with Gasteiger partial charge in [-0.3, -0.25) is 9.69 Å². The van der Waals surface area contributed by atoms with Crippen LogP contribution in [-0.4, -0.2) is 74.0 Å². The van der Waals surface area contributed by atoms with E-state index in [-0.39, 0.29) is 12.5 Å². The lowest BCUT2D eigenvalue weighted by Crippen LogP contribution is -2.52. The number of benzene rings is 1. The molecule has 1 aromatic rings. The van der Waals surface area contributed by atoms with Crippen LogP contribution in [0.25, 0.3) is 0 Å². The van der Waals surface area contributed by atoms with Gasteiger partial charge in [0.05, 0.1) is 0 Å². The summed E-state index contributed by atoms with van der Waals surface area (Å²) in [7, 11) is 3.54. The van der Waals surface area contributed by atoms with Gasteiger partial charge in [-0.15, -0.1) is 0 Å². The summed E-state index contributed by atoms with van der Waals surface area (Å²) in [5.74, 6) is 0.786. The van der Waals surface area contributed by atoms with E-state index in [1.165, 1.54) is 16.7 Å². The molecule has 6 heteroatoms. The van der Waals surface area contributed by atoms with Gasteiger partial charge in [0.25, 0.3) is 0 Å². The lowest BCUT2D eigenvalue weighted by Gasteiger charge is -2.34. The Morgan fingerprint density at radius 1 is 1.13 bits per heavy atom. The molecule has 2 N–H and O–H groups in total. The molecule has 1 aliphatic heterocycles. The molecule has 1 saturated heterocycles. The predicted molar refractivity (Wildman–Crippen MR) is 124 cm³/mol. The minimum Gasteiger partial charge on any atom is -0.354 e. The van der Waals surface area contributed by atoms with Gasteiger partial charge in [-0.2, -0.15) is 0 Å². The summed E-state index contributed by atoms with van der Waals surface area (Å²) in [4.78, 5) is 20.8. The van der Waals surface area contributed by atoms with Crippen LogP contribution < -0.4 is 10.6 Å². The third-order valence-corrected chi connectivity index (χ3v) is 5.98. The minimum atomic E-state index is 0.0152. The molecule has 1 unspecified atom stereocenters. The van der Waals surface area contributed by atoms with Gasteiger partial charge in [0, 0.05) is 45.8 Å². The van der Waals surface area contributed by atoms with Crippen molar-refractivity contribution >= 4 is 11.9 Å². The summed E-state index contributed by atoms with van der Waals surface area (Å²) in [6.45, 7) is 9.38. The van der Waals surface area contributed by atoms with E-state index in [0.717, 1.165) is 57.7 Å². The highest BCUT2D eigenvalue weighted by molar-refractivity contribution is 5.85. The first-order valence-corrected chi connectivity index (χ1v) is 11.1. The number of carbonyl (C=O) groups excluding carboxylic acids is 1. The number of nitrogens with zero attached hydrogens (tertiary/aromatic N) is 3. The molecule has 164 valence electrons. The fourth-order valence-corrected chi connectivity index (χ4v) is 4.25. The van der Waals surface area contributed by atoms with Crippen molar-refractivity contribution in [1.29, 1.82) is 0 Å². The van der Waals surface area contributed by atoms with Gasteiger partial charge in [-0.05, 0) is 50.2 Å². The van der Waals surface area contributed by atoms with Gasteiger partial charge in [0.15, 0.2) is 5.96 Å². The summed E-state index contributed by atoms with van der Waals surface area (Å²) in [5, 5.41) is 7.24. The second-order valence-electron chi connectivity index (χ2n) is 8.96. The van der Waals surface area contributed by atoms with Crippen LogP contribution in [-0.2, 0) is 17.6 Å². The van der Waals surface area contributed by atoms with Gasteiger partial charge < -0.3 is 15.5 Å². The fraction of sp³-hybridized carbons (Fsp3) is 0.583. The third kappa shape index (κ3) is 6.59. The molecular formula is C24H37N5O. The highest BCUT2D eigenvalue weighted by atomic mass is 16.2. The Bertz CT molecular complexity index is 765. The molecule has 1 fully saturated rings. The molecule has 1 aliphatic carbocycles. The number of hydrogen-bond donors (Lipinski definition) is 2. The van der Waals surface area contributed by atoms with Crippen LogP contribution in [0.2, 0.25) is 0 Å². The van der Waals surface area contributed by atoms with E-state index in [4.69, 9.17) is 0 Å². The molecule has 1 amide bonds. The standard InChI is InChI=1S/C24H37N5O/c1-18(2)17-29-13-11-21(12-14-29)26-24(25-16-23(30)28(3)4)27-22-10-9-19-7-5-6-8-20(19)15-22/h5-8,21-22H,1,9-17H2,2-4H3,(H2,25,26,27). The third-order valence-electron chi connectivity index (χ3n) is 5.98. The zero-order valence-corrected chi connectivity index (χ0v) is 18.8. The van der Waals surface area contributed by atoms with E-state index >= 15 is 0 Å². The number of aryl methyl sites for hydroxylation is 1. The smallest absolute Gasteiger partial charge is 0.243 e. The van der Waals surface area contributed by atoms with Gasteiger partial charge >= 0.3 is 0 Å². The van der Waals surface area contributed by atoms with E-state index < -0.39 is 0 Å². The molecule has 1 aromatic carbocycles. The Hall–Kier alpha value is -2.34. The van der Waals surface area contributed by atoms with Crippen LogP contribution >= 0.6 is 0 Å². The second kappa shape index (κ2) is 10.6. The number of piperidine rings is 1. The second-order valence-corrected chi connectivity index (χ2v) is 8.96. The number of fused-ring (bicyclic) bond motifs is 1. The average molecular weight is 412 g/mol. The largest absolute Gasteiger partial charge is 0.354 e. The number of likely N-dealkylation sites (tertiary alicyclic amines) is 1. The van der Waals surface area contributed by atoms with Crippen molar-refractivity contribution in [2.24, 2.45) is 4.99 Å². The fourth-order valence-electron chi connectivity index (χ4n) is 4.25. The van der Waals surface area contributed by atoms with Gasteiger partial charge in [-0.25, -0.2) is 4.99 Å². The van der Waals surface area contributed by atoms with Crippen molar-refractivity contribution in [3.63, 3.8) is 0 Å². The molecule has 30 heavy (non-hydrogen) atoms. The van der Waals surface area contributed by atoms with Crippen LogP contribution in [0.5, 0.6) is 0 Å². The van der Waals surface area contributed by atoms with Crippen molar-refractivity contribution in [3.8, 4) is 0 Å². The summed E-state index contributed by atoms with van der Waals surface area (Å²) in [6.07, 6.45) is 5.30. The van der Waals surface area contributed by atoms with Gasteiger partial charge in [0.1, 0.15) is 6.54 Å². The molecule has 1 heterocycles. The first-order valence-electron chi connectivity index (χ1n) is 11.1. The number of rotatable bonds is 6. The molecular weight excluding hydrogens is 374 g/mol. The van der Waals surface area contributed by atoms with E-state index in [1.807, 2.05) is 0 Å². The zero-order valence-electron chi connectivity index (χ0n) is 18.8. The van der Waals surface area contributed by atoms with Gasteiger partial charge in [0.2, 0.25) is 5.91 Å². The van der Waals surface area contributed by atoms with Crippen LogP contribution in [0.3, 0.4) is 0 Å². The highest BCUT2D eigenvalue weighted by Gasteiger charge is 2.23. The highest BCUT2D eigenvalue weighted by Crippen LogP contribution is 2.21. The molecule has 0 aromatic heterocycles. The minimum absolute atomic E-state index is 0.0152. The first-order chi connectivity index (χ1) is 14.4. The van der Waals surface area contributed by atoms with E-state index in [1.54, 1.807) is 19.0 Å². The summed E-state index contributed by atoms with van der Waals surface area (Å²) >= 11 is 0. The molecule has 0 saturated carbocycles. The Balaban J connectivity index is 1.60. The van der Waals surface area contributed by atoms with Crippen LogP contribution in [0.4, 0.5) is 0 Å². The normalized spacial score (nSPS) is 20.4. The predicted octanol–water partition coefficient (Wildman–Crippen LogP) is 2.21. The Morgan fingerprint density at radius 3 is 2.47 bits per heavy atom. The van der Waals surface area contributed by atoms with Crippen LogP contribution in [0, 0.1) is 0 Å². The summed E-state index contributed by atoms with van der Waals surface area (Å²) in [6, 6.07) is 9.40. The molecule has 0 radical (unpaired) electrons. The number of amides is 1. The number of guanidine groups is 1. The molecule has 0 bridgehead atoms. The maximum absolute atomic E-state index is 12.1. The monoisotopic (exact) mass is 411 g/mol. The Labute approximate surface area is 181 Å². The van der Waals surface area contributed by atoms with Crippen LogP contribution in [0.15, 0.2) is 41.4 Å². The Kier molecular flexibility index (Phi) is 7.91. The maximum atomic E-state index is 12.1. The Morgan fingerprint density at radius 2 is 1.80 bits per heavy atom. The first kappa shape index (κ1) is 22.3. The number of likely N-dealkylation sites (N-methyl/N-ethyl adjacent to an activating group) is 1. The zero-order chi connectivity index (χ0) is 21.5. The summed E-state index contributed by atoms with van der Waals surface area (Å²) < 4.78 is 0. The molecule has 6 nitrogen and oxygen atoms in total. The van der Waals surface area contributed by atoms with Crippen molar-refractivity contribution in [2.75, 3.05) is 40.3 Å². The van der Waals surface area contributed by atoms with Crippen molar-refractivity contribution in [1.82, 2.24) is 20.4 Å². The van der Waals surface area contributed by atoms with Crippen molar-refractivity contribution < 1.29 is 4.79 Å². The van der Waals surface area contributed by atoms with E-state index in [2.05, 4.69) is 58.3 Å². The maximum Gasteiger partial charge on any atom is 0.243 e. The lowest BCUT2D eigenvalue weighted by molar-refractivity contribution is -0.127. The topological polar surface area (TPSA) is 60.0 Å². The van der Waals surface area contributed by atoms with E-state index in [0.29, 0.717) is 12.1 Å². The number of nitrogens with one attached hydrogen (secondary N) is 2. The number of hydrogen-bond acceptors (Lipinski definition) is 3. The molecule has 1 atom stereocenters.